The first-order chi connectivity index (χ1) is 11.0. The summed E-state index contributed by atoms with van der Waals surface area (Å²) in [7, 11) is 1.51. The molecule has 1 aliphatic rings. The van der Waals surface area contributed by atoms with E-state index in [0.717, 1.165) is 4.68 Å². The molecule has 1 unspecified atom stereocenters. The van der Waals surface area contributed by atoms with Gasteiger partial charge in [-0.05, 0) is 18.6 Å². The average molecular weight is 341 g/mol. The summed E-state index contributed by atoms with van der Waals surface area (Å²) in [4.78, 5) is 13.4. The van der Waals surface area contributed by atoms with Crippen LogP contribution in [0.25, 0.3) is 0 Å². The van der Waals surface area contributed by atoms with Gasteiger partial charge in [0.05, 0.1) is 11.9 Å². The van der Waals surface area contributed by atoms with Crippen LogP contribution in [0.3, 0.4) is 0 Å². The molecule has 23 heavy (non-hydrogen) atoms. The molecule has 0 spiro atoms. The summed E-state index contributed by atoms with van der Waals surface area (Å²) in [6, 6.07) is 3.73. The summed E-state index contributed by atoms with van der Waals surface area (Å²) in [5.41, 5.74) is 0.00675. The van der Waals surface area contributed by atoms with Crippen LogP contribution in [0.2, 0.25) is 5.02 Å². The normalized spacial score (nSPS) is 17.6. The molecular formula is C15H15ClF2N4O. The molecule has 8 heteroatoms. The topological polar surface area (TPSA) is 50.2 Å². The third kappa shape index (κ3) is 3.01. The molecule has 2 aromatic rings. The van der Waals surface area contributed by atoms with Crippen molar-refractivity contribution in [2.24, 2.45) is 7.05 Å². The highest BCUT2D eigenvalue weighted by atomic mass is 35.5. The summed E-state index contributed by atoms with van der Waals surface area (Å²) in [6.45, 7) is 0.912. The van der Waals surface area contributed by atoms with E-state index in [4.69, 9.17) is 11.6 Å². The van der Waals surface area contributed by atoms with Crippen LogP contribution in [-0.4, -0.2) is 28.9 Å². The number of rotatable bonds is 3. The van der Waals surface area contributed by atoms with E-state index >= 15 is 0 Å². The van der Waals surface area contributed by atoms with Gasteiger partial charge in [-0.1, -0.05) is 17.7 Å². The standard InChI is InChI=1S/C15H15ClF2N4O/c1-21-15(23)13(16)12(7-19-21)20-9-5-6-22(8-9)14-10(17)3-2-4-11(14)18/h2-4,7,9,20H,5-6,8H2,1H3. The number of aryl methyl sites for hydroxylation is 1. The molecule has 2 heterocycles. The molecule has 122 valence electrons. The first kappa shape index (κ1) is 15.7. The van der Waals surface area contributed by atoms with Crippen LogP contribution in [0.4, 0.5) is 20.2 Å². The fraction of sp³-hybridized carbons (Fsp3) is 0.333. The van der Waals surface area contributed by atoms with E-state index in [9.17, 15) is 13.6 Å². The first-order valence-corrected chi connectivity index (χ1v) is 7.52. The number of para-hydroxylation sites is 1. The SMILES string of the molecule is Cn1ncc(NC2CCN(c3c(F)cccc3F)C2)c(Cl)c1=O. The summed E-state index contributed by atoms with van der Waals surface area (Å²) in [6.07, 6.45) is 2.13. The minimum absolute atomic E-state index is 0.0232. The number of nitrogens with one attached hydrogen (secondary N) is 1. The van der Waals surface area contributed by atoms with Crippen molar-refractivity contribution in [1.29, 1.82) is 0 Å². The molecule has 5 nitrogen and oxygen atoms in total. The van der Waals surface area contributed by atoms with Crippen molar-refractivity contribution < 1.29 is 8.78 Å². The second kappa shape index (κ2) is 6.16. The van der Waals surface area contributed by atoms with E-state index in [-0.39, 0.29) is 16.8 Å². The summed E-state index contributed by atoms with van der Waals surface area (Å²) in [5.74, 6) is -1.17. The van der Waals surface area contributed by atoms with Crippen molar-refractivity contribution in [2.45, 2.75) is 12.5 Å². The smallest absolute Gasteiger partial charge is 0.287 e. The van der Waals surface area contributed by atoms with Crippen LogP contribution >= 0.6 is 11.6 Å². The van der Waals surface area contributed by atoms with E-state index in [2.05, 4.69) is 10.4 Å². The molecule has 3 rings (SSSR count). The van der Waals surface area contributed by atoms with Crippen molar-refractivity contribution >= 4 is 23.0 Å². The Labute approximate surface area is 136 Å². The molecule has 0 bridgehead atoms. The Morgan fingerprint density at radius 2 is 2.04 bits per heavy atom. The maximum Gasteiger partial charge on any atom is 0.287 e. The number of aromatic nitrogens is 2. The van der Waals surface area contributed by atoms with Gasteiger partial charge in [0.15, 0.2) is 0 Å². The van der Waals surface area contributed by atoms with Crippen molar-refractivity contribution in [3.63, 3.8) is 0 Å². The molecule has 0 saturated carbocycles. The Balaban J connectivity index is 1.76. The van der Waals surface area contributed by atoms with Gasteiger partial charge in [0, 0.05) is 26.2 Å². The van der Waals surface area contributed by atoms with Crippen LogP contribution < -0.4 is 15.8 Å². The molecule has 1 fully saturated rings. The Morgan fingerprint density at radius 1 is 1.35 bits per heavy atom. The van der Waals surface area contributed by atoms with Crippen molar-refractivity contribution in [3.8, 4) is 0 Å². The second-order valence-electron chi connectivity index (χ2n) is 5.45. The van der Waals surface area contributed by atoms with Crippen LogP contribution in [0.1, 0.15) is 6.42 Å². The Morgan fingerprint density at radius 3 is 2.74 bits per heavy atom. The van der Waals surface area contributed by atoms with Crippen LogP contribution in [0, 0.1) is 11.6 Å². The highest BCUT2D eigenvalue weighted by molar-refractivity contribution is 6.32. The quantitative estimate of drug-likeness (QED) is 0.932. The average Bonchev–Trinajstić information content (AvgIpc) is 2.96. The number of halogens is 3. The summed E-state index contributed by atoms with van der Waals surface area (Å²) >= 11 is 6.01. The zero-order chi connectivity index (χ0) is 16.6. The minimum Gasteiger partial charge on any atom is -0.378 e. The lowest BCUT2D eigenvalue weighted by Crippen LogP contribution is -2.29. The van der Waals surface area contributed by atoms with Gasteiger partial charge in [-0.25, -0.2) is 13.5 Å². The minimum atomic E-state index is -0.584. The lowest BCUT2D eigenvalue weighted by atomic mass is 10.2. The van der Waals surface area contributed by atoms with Crippen molar-refractivity contribution in [2.75, 3.05) is 23.3 Å². The predicted octanol–water partition coefficient (Wildman–Crippen LogP) is 2.40. The number of benzene rings is 1. The van der Waals surface area contributed by atoms with E-state index in [1.807, 2.05) is 0 Å². The molecule has 1 aliphatic heterocycles. The number of nitrogens with zero attached hydrogens (tertiary/aromatic N) is 3. The van der Waals surface area contributed by atoms with Gasteiger partial charge < -0.3 is 10.2 Å². The molecule has 0 amide bonds. The molecule has 1 N–H and O–H groups in total. The summed E-state index contributed by atoms with van der Waals surface area (Å²) in [5, 5.41) is 7.09. The largest absolute Gasteiger partial charge is 0.378 e. The molecule has 1 aromatic carbocycles. The lowest BCUT2D eigenvalue weighted by molar-refractivity contribution is 0.577. The predicted molar refractivity (Wildman–Crippen MR) is 85.1 cm³/mol. The van der Waals surface area contributed by atoms with Crippen LogP contribution in [0.15, 0.2) is 29.2 Å². The third-order valence-corrected chi connectivity index (χ3v) is 4.25. The molecule has 0 aliphatic carbocycles. The maximum absolute atomic E-state index is 13.8. The Kier molecular flexibility index (Phi) is 4.21. The number of hydrogen-bond donors (Lipinski definition) is 1. The van der Waals surface area contributed by atoms with Gasteiger partial charge in [0.25, 0.3) is 5.56 Å². The van der Waals surface area contributed by atoms with E-state index in [0.29, 0.717) is 25.2 Å². The molecule has 1 saturated heterocycles. The maximum atomic E-state index is 13.8. The Bertz CT molecular complexity index is 775. The zero-order valence-electron chi connectivity index (χ0n) is 12.4. The molecular weight excluding hydrogens is 326 g/mol. The van der Waals surface area contributed by atoms with Crippen LogP contribution in [-0.2, 0) is 7.05 Å². The fourth-order valence-corrected chi connectivity index (χ4v) is 2.93. The van der Waals surface area contributed by atoms with E-state index in [1.165, 1.54) is 31.4 Å². The molecule has 0 radical (unpaired) electrons. The van der Waals surface area contributed by atoms with Gasteiger partial charge >= 0.3 is 0 Å². The fourth-order valence-electron chi connectivity index (χ4n) is 2.70. The van der Waals surface area contributed by atoms with Crippen molar-refractivity contribution in [1.82, 2.24) is 9.78 Å². The first-order valence-electron chi connectivity index (χ1n) is 7.14. The lowest BCUT2D eigenvalue weighted by Gasteiger charge is -2.20. The van der Waals surface area contributed by atoms with Gasteiger partial charge in [0.1, 0.15) is 22.3 Å². The van der Waals surface area contributed by atoms with E-state index < -0.39 is 17.2 Å². The molecule has 1 atom stereocenters. The van der Waals surface area contributed by atoms with Gasteiger partial charge in [-0.15, -0.1) is 0 Å². The highest BCUT2D eigenvalue weighted by Gasteiger charge is 2.27. The van der Waals surface area contributed by atoms with Gasteiger partial charge in [-0.2, -0.15) is 5.10 Å². The van der Waals surface area contributed by atoms with Gasteiger partial charge in [-0.3, -0.25) is 4.79 Å². The highest BCUT2D eigenvalue weighted by Crippen LogP contribution is 2.28. The number of anilines is 2. The summed E-state index contributed by atoms with van der Waals surface area (Å²) < 4.78 is 28.8. The third-order valence-electron chi connectivity index (χ3n) is 3.88. The van der Waals surface area contributed by atoms with Crippen LogP contribution in [0.5, 0.6) is 0 Å². The van der Waals surface area contributed by atoms with Gasteiger partial charge in [0.2, 0.25) is 0 Å². The number of hydrogen-bond acceptors (Lipinski definition) is 4. The Hall–Kier alpha value is -2.15. The van der Waals surface area contributed by atoms with E-state index in [1.54, 1.807) is 4.90 Å². The second-order valence-corrected chi connectivity index (χ2v) is 5.83. The monoisotopic (exact) mass is 340 g/mol. The zero-order valence-corrected chi connectivity index (χ0v) is 13.1. The van der Waals surface area contributed by atoms with Crippen molar-refractivity contribution in [3.05, 3.63) is 51.4 Å². The molecule has 1 aromatic heterocycles.